The van der Waals surface area contributed by atoms with Gasteiger partial charge in [0.1, 0.15) is 5.60 Å². The van der Waals surface area contributed by atoms with E-state index in [-0.39, 0.29) is 13.2 Å². The molecule has 1 amide bonds. The zero-order valence-electron chi connectivity index (χ0n) is 18.6. The molecule has 2 rings (SSSR count). The normalized spacial score (nSPS) is 26.4. The van der Waals surface area contributed by atoms with E-state index in [0.29, 0.717) is 5.56 Å². The molecule has 0 aromatic heterocycles. The van der Waals surface area contributed by atoms with Crippen LogP contribution in [0.5, 0.6) is 0 Å². The highest BCUT2D eigenvalue weighted by atomic mass is 19.4. The van der Waals surface area contributed by atoms with Crippen LogP contribution in [-0.4, -0.2) is 42.2 Å². The van der Waals surface area contributed by atoms with Crippen molar-refractivity contribution in [2.24, 2.45) is 5.92 Å². The molecule has 0 aliphatic carbocycles. The van der Waals surface area contributed by atoms with Gasteiger partial charge in [-0.25, -0.2) is 9.59 Å². The number of carbonyl (C=O) groups excluding carboxylic acids is 2. The van der Waals surface area contributed by atoms with Gasteiger partial charge in [0.2, 0.25) is 0 Å². The molecule has 1 aromatic carbocycles. The van der Waals surface area contributed by atoms with E-state index in [1.54, 1.807) is 52.0 Å². The molecule has 1 heterocycles. The first-order chi connectivity index (χ1) is 14.2. The van der Waals surface area contributed by atoms with Crippen molar-refractivity contribution in [3.05, 3.63) is 35.4 Å². The van der Waals surface area contributed by atoms with Crippen molar-refractivity contribution >= 4 is 12.1 Å². The number of rotatable bonds is 5. The summed E-state index contributed by atoms with van der Waals surface area (Å²) < 4.78 is 56.6. The highest BCUT2D eigenvalue weighted by Gasteiger charge is 2.65. The Hall–Kier alpha value is -2.29. The third kappa shape index (κ3) is 5.70. The Morgan fingerprint density at radius 3 is 2.23 bits per heavy atom. The summed E-state index contributed by atoms with van der Waals surface area (Å²) in [6.07, 6.45) is -6.59. The van der Waals surface area contributed by atoms with Crippen LogP contribution in [0.1, 0.15) is 58.6 Å². The topological polar surface area (TPSA) is 73.9 Å². The summed E-state index contributed by atoms with van der Waals surface area (Å²) in [5, 5.41) is 2.62. The lowest BCUT2D eigenvalue weighted by atomic mass is 9.77. The second-order valence-electron chi connectivity index (χ2n) is 8.81. The minimum absolute atomic E-state index is 0.0395. The summed E-state index contributed by atoms with van der Waals surface area (Å²) in [5.41, 5.74) is -1.85. The quantitative estimate of drug-likeness (QED) is 0.665. The molecule has 1 aliphatic heterocycles. The van der Waals surface area contributed by atoms with Gasteiger partial charge in [-0.15, -0.1) is 0 Å². The lowest BCUT2D eigenvalue weighted by molar-refractivity contribution is -0.274. The number of amides is 1. The lowest BCUT2D eigenvalue weighted by Crippen LogP contribution is -2.47. The molecule has 0 saturated carbocycles. The fraction of sp³-hybridized carbons (Fsp3) is 0.636. The van der Waals surface area contributed by atoms with Crippen molar-refractivity contribution in [1.82, 2.24) is 5.32 Å². The molecule has 0 bridgehead atoms. The van der Waals surface area contributed by atoms with E-state index < -0.39 is 47.4 Å². The molecule has 1 saturated heterocycles. The molecule has 0 unspecified atom stereocenters. The number of alkyl halides is 3. The smallest absolute Gasteiger partial charge is 0.417 e. The standard InChI is InChI=1S/C22H30F3NO5/c1-7-29-18(27)17-16(13(2)21(6,30-17)22(23,24)25)15-10-8-14(9-11-15)12-26-19(28)31-20(3,4)5/h8-11,13,16-17H,7,12H2,1-6H3,(H,26,28)/t13-,16-,17-,21+/m0/s1. The van der Waals surface area contributed by atoms with E-state index in [0.717, 1.165) is 12.5 Å². The second kappa shape index (κ2) is 9.06. The third-order valence-electron chi connectivity index (χ3n) is 5.39. The first kappa shape index (κ1) is 25.0. The van der Waals surface area contributed by atoms with Gasteiger partial charge in [0.15, 0.2) is 11.7 Å². The second-order valence-corrected chi connectivity index (χ2v) is 8.81. The summed E-state index contributed by atoms with van der Waals surface area (Å²) in [5.74, 6) is -2.67. The number of hydrogen-bond donors (Lipinski definition) is 1. The predicted molar refractivity (Wildman–Crippen MR) is 107 cm³/mol. The molecule has 1 N–H and O–H groups in total. The number of alkyl carbamates (subject to hydrolysis) is 1. The maximum Gasteiger partial charge on any atom is 0.417 e. The number of halogens is 3. The summed E-state index contributed by atoms with van der Waals surface area (Å²) in [6, 6.07) is 6.66. The van der Waals surface area contributed by atoms with E-state index in [4.69, 9.17) is 14.2 Å². The fourth-order valence-corrected chi connectivity index (χ4v) is 3.60. The van der Waals surface area contributed by atoms with Crippen LogP contribution in [-0.2, 0) is 25.5 Å². The van der Waals surface area contributed by atoms with Gasteiger partial charge in [0, 0.05) is 18.4 Å². The van der Waals surface area contributed by atoms with E-state index in [9.17, 15) is 22.8 Å². The SMILES string of the molecule is CCOC(=O)[C@H]1O[C@@](C)(C(F)(F)F)[C@@H](C)[C@H]1c1ccc(CNC(=O)OC(C)(C)C)cc1. The first-order valence-corrected chi connectivity index (χ1v) is 10.2. The lowest BCUT2D eigenvalue weighted by Gasteiger charge is -2.31. The number of hydrogen-bond acceptors (Lipinski definition) is 5. The summed E-state index contributed by atoms with van der Waals surface area (Å²) >= 11 is 0. The highest BCUT2D eigenvalue weighted by Crippen LogP contribution is 2.53. The molecule has 9 heteroatoms. The minimum atomic E-state index is -4.65. The Kier molecular flexibility index (Phi) is 7.30. The molecule has 31 heavy (non-hydrogen) atoms. The maximum atomic E-state index is 13.7. The number of carbonyl (C=O) groups is 2. The number of nitrogens with one attached hydrogen (secondary N) is 1. The van der Waals surface area contributed by atoms with Crippen molar-refractivity contribution in [2.75, 3.05) is 6.61 Å². The monoisotopic (exact) mass is 445 g/mol. The van der Waals surface area contributed by atoms with E-state index in [1.165, 1.54) is 6.92 Å². The van der Waals surface area contributed by atoms with Gasteiger partial charge < -0.3 is 19.5 Å². The minimum Gasteiger partial charge on any atom is -0.464 e. The zero-order valence-corrected chi connectivity index (χ0v) is 18.6. The van der Waals surface area contributed by atoms with E-state index in [1.807, 2.05) is 0 Å². The average molecular weight is 445 g/mol. The Morgan fingerprint density at radius 1 is 1.16 bits per heavy atom. The van der Waals surface area contributed by atoms with E-state index in [2.05, 4.69) is 5.32 Å². The van der Waals surface area contributed by atoms with Crippen LogP contribution >= 0.6 is 0 Å². The van der Waals surface area contributed by atoms with Crippen LogP contribution in [0.25, 0.3) is 0 Å². The van der Waals surface area contributed by atoms with Crippen LogP contribution in [0.15, 0.2) is 24.3 Å². The van der Waals surface area contributed by atoms with Gasteiger partial charge in [-0.1, -0.05) is 31.2 Å². The zero-order chi connectivity index (χ0) is 23.6. The van der Waals surface area contributed by atoms with Gasteiger partial charge in [0.05, 0.1) is 6.61 Å². The molecule has 0 spiro atoms. The fourth-order valence-electron chi connectivity index (χ4n) is 3.60. The number of ether oxygens (including phenoxy) is 3. The van der Waals surface area contributed by atoms with Gasteiger partial charge >= 0.3 is 18.2 Å². The molecular weight excluding hydrogens is 415 g/mol. The van der Waals surface area contributed by atoms with Gasteiger partial charge in [-0.2, -0.15) is 13.2 Å². The maximum absolute atomic E-state index is 13.7. The third-order valence-corrected chi connectivity index (χ3v) is 5.39. The molecule has 4 atom stereocenters. The van der Waals surface area contributed by atoms with Crippen LogP contribution in [0.2, 0.25) is 0 Å². The van der Waals surface area contributed by atoms with Crippen LogP contribution in [0.4, 0.5) is 18.0 Å². The predicted octanol–water partition coefficient (Wildman–Crippen LogP) is 4.71. The van der Waals surface area contributed by atoms with Crippen molar-refractivity contribution in [3.63, 3.8) is 0 Å². The van der Waals surface area contributed by atoms with Crippen molar-refractivity contribution in [3.8, 4) is 0 Å². The van der Waals surface area contributed by atoms with Gasteiger partial charge in [0.25, 0.3) is 0 Å². The van der Waals surface area contributed by atoms with Crippen LogP contribution in [0.3, 0.4) is 0 Å². The van der Waals surface area contributed by atoms with Gasteiger partial charge in [-0.3, -0.25) is 0 Å². The molecule has 0 radical (unpaired) electrons. The summed E-state index contributed by atoms with van der Waals surface area (Å²) in [4.78, 5) is 24.2. The molecule has 1 fully saturated rings. The summed E-state index contributed by atoms with van der Waals surface area (Å²) in [7, 11) is 0. The van der Waals surface area contributed by atoms with E-state index >= 15 is 0 Å². The largest absolute Gasteiger partial charge is 0.464 e. The molecular formula is C22H30F3NO5. The Labute approximate surface area is 180 Å². The Balaban J connectivity index is 2.22. The van der Waals surface area contributed by atoms with Crippen LogP contribution < -0.4 is 5.32 Å². The first-order valence-electron chi connectivity index (χ1n) is 10.2. The van der Waals surface area contributed by atoms with Crippen molar-refractivity contribution in [2.45, 2.75) is 77.5 Å². The molecule has 1 aliphatic rings. The van der Waals surface area contributed by atoms with Crippen LogP contribution in [0, 0.1) is 5.92 Å². The van der Waals surface area contributed by atoms with Crippen molar-refractivity contribution < 1.29 is 37.0 Å². The molecule has 174 valence electrons. The Morgan fingerprint density at radius 2 is 1.74 bits per heavy atom. The Bertz CT molecular complexity index is 788. The average Bonchev–Trinajstić information content (AvgIpc) is 2.92. The van der Waals surface area contributed by atoms with Crippen molar-refractivity contribution in [1.29, 1.82) is 0 Å². The van der Waals surface area contributed by atoms with Gasteiger partial charge in [-0.05, 0) is 45.7 Å². The highest BCUT2D eigenvalue weighted by molar-refractivity contribution is 5.77. The number of esters is 1. The molecule has 1 aromatic rings. The summed E-state index contributed by atoms with van der Waals surface area (Å²) in [6.45, 7) is 9.45. The number of benzene rings is 1. The molecule has 6 nitrogen and oxygen atoms in total.